The van der Waals surface area contributed by atoms with E-state index in [0.717, 1.165) is 0 Å². The largest absolute Gasteiger partial charge is 0.414 e. The van der Waals surface area contributed by atoms with Gasteiger partial charge in [0.2, 0.25) is 0 Å². The van der Waals surface area contributed by atoms with E-state index >= 15 is 0 Å². The molecule has 0 aliphatic carbocycles. The minimum atomic E-state index is -4.46. The minimum absolute atomic E-state index is 0.428. The Bertz CT molecular complexity index is 163. The van der Waals surface area contributed by atoms with Crippen molar-refractivity contribution in [3.8, 4) is 0 Å². The SMILES string of the molecule is CN1CCC(C(O)C(F)(F)F)CC1. The molecule has 0 spiro atoms. The number of aliphatic hydroxyl groups excluding tert-OH is 1. The number of hydrogen-bond donors (Lipinski definition) is 1. The zero-order valence-corrected chi connectivity index (χ0v) is 7.51. The van der Waals surface area contributed by atoms with Gasteiger partial charge in [-0.15, -0.1) is 0 Å². The van der Waals surface area contributed by atoms with Gasteiger partial charge in [-0.1, -0.05) is 0 Å². The lowest BCUT2D eigenvalue weighted by atomic mass is 9.91. The number of likely N-dealkylation sites (tertiary alicyclic amines) is 1. The Morgan fingerprint density at radius 1 is 1.31 bits per heavy atom. The van der Waals surface area contributed by atoms with Gasteiger partial charge in [-0.05, 0) is 38.9 Å². The molecule has 1 fully saturated rings. The molecule has 1 aliphatic rings. The normalized spacial score (nSPS) is 24.7. The summed E-state index contributed by atoms with van der Waals surface area (Å²) in [6.07, 6.45) is -5.74. The van der Waals surface area contributed by atoms with Crippen molar-refractivity contribution in [1.82, 2.24) is 4.90 Å². The number of aliphatic hydroxyl groups is 1. The summed E-state index contributed by atoms with van der Waals surface area (Å²) in [5.41, 5.74) is 0. The molecular weight excluding hydrogens is 183 g/mol. The van der Waals surface area contributed by atoms with Crippen molar-refractivity contribution in [2.45, 2.75) is 25.1 Å². The van der Waals surface area contributed by atoms with Crippen LogP contribution >= 0.6 is 0 Å². The van der Waals surface area contributed by atoms with Crippen LogP contribution in [-0.2, 0) is 0 Å². The Kier molecular flexibility index (Phi) is 3.18. The molecule has 0 aromatic carbocycles. The predicted molar refractivity (Wildman–Crippen MR) is 42.3 cm³/mol. The summed E-state index contributed by atoms with van der Waals surface area (Å²) in [6.45, 7) is 1.27. The van der Waals surface area contributed by atoms with Crippen molar-refractivity contribution >= 4 is 0 Å². The van der Waals surface area contributed by atoms with E-state index in [1.54, 1.807) is 0 Å². The third-order valence-corrected chi connectivity index (χ3v) is 2.55. The Morgan fingerprint density at radius 3 is 2.15 bits per heavy atom. The maximum Gasteiger partial charge on any atom is 0.414 e. The Hall–Kier alpha value is -0.290. The van der Waals surface area contributed by atoms with Gasteiger partial charge in [0.15, 0.2) is 6.10 Å². The number of piperidine rings is 1. The van der Waals surface area contributed by atoms with Crippen molar-refractivity contribution < 1.29 is 18.3 Å². The predicted octanol–water partition coefficient (Wildman–Crippen LogP) is 1.25. The second-order valence-electron chi connectivity index (χ2n) is 3.63. The molecule has 0 bridgehead atoms. The van der Waals surface area contributed by atoms with Crippen LogP contribution < -0.4 is 0 Å². The maximum absolute atomic E-state index is 12.1. The van der Waals surface area contributed by atoms with Crippen LogP contribution in [0.15, 0.2) is 0 Å². The summed E-state index contributed by atoms with van der Waals surface area (Å²) in [4.78, 5) is 1.97. The van der Waals surface area contributed by atoms with Gasteiger partial charge in [0.25, 0.3) is 0 Å². The van der Waals surface area contributed by atoms with Crippen LogP contribution in [0.3, 0.4) is 0 Å². The monoisotopic (exact) mass is 197 g/mol. The Morgan fingerprint density at radius 2 is 1.77 bits per heavy atom. The second-order valence-corrected chi connectivity index (χ2v) is 3.63. The van der Waals surface area contributed by atoms with E-state index in [1.807, 2.05) is 11.9 Å². The lowest BCUT2D eigenvalue weighted by molar-refractivity contribution is -0.222. The Labute approximate surface area is 75.3 Å². The van der Waals surface area contributed by atoms with E-state index in [2.05, 4.69) is 0 Å². The first-order valence-corrected chi connectivity index (χ1v) is 4.34. The van der Waals surface area contributed by atoms with Crippen LogP contribution in [0.1, 0.15) is 12.8 Å². The van der Waals surface area contributed by atoms with Crippen molar-refractivity contribution in [2.24, 2.45) is 5.92 Å². The molecule has 1 saturated heterocycles. The molecule has 0 aromatic heterocycles. The number of hydrogen-bond acceptors (Lipinski definition) is 2. The molecule has 1 aliphatic heterocycles. The molecule has 2 nitrogen and oxygen atoms in total. The highest BCUT2D eigenvalue weighted by Crippen LogP contribution is 2.31. The topological polar surface area (TPSA) is 23.5 Å². The van der Waals surface area contributed by atoms with Gasteiger partial charge in [0, 0.05) is 0 Å². The summed E-state index contributed by atoms with van der Waals surface area (Å²) in [5.74, 6) is -0.615. The summed E-state index contributed by atoms with van der Waals surface area (Å²) in [5, 5.41) is 8.95. The highest BCUT2D eigenvalue weighted by Gasteiger charge is 2.43. The Balaban J connectivity index is 2.45. The first-order valence-electron chi connectivity index (χ1n) is 4.34. The number of nitrogens with zero attached hydrogens (tertiary/aromatic N) is 1. The molecule has 5 heteroatoms. The van der Waals surface area contributed by atoms with Gasteiger partial charge in [0.05, 0.1) is 0 Å². The zero-order chi connectivity index (χ0) is 10.1. The third-order valence-electron chi connectivity index (χ3n) is 2.55. The molecule has 13 heavy (non-hydrogen) atoms. The smallest absolute Gasteiger partial charge is 0.383 e. The van der Waals surface area contributed by atoms with E-state index in [9.17, 15) is 13.2 Å². The van der Waals surface area contributed by atoms with E-state index in [0.29, 0.717) is 25.9 Å². The van der Waals surface area contributed by atoms with Gasteiger partial charge in [-0.3, -0.25) is 0 Å². The van der Waals surface area contributed by atoms with Crippen LogP contribution in [0.25, 0.3) is 0 Å². The molecular formula is C8H14F3NO. The molecule has 1 heterocycles. The maximum atomic E-state index is 12.1. The second kappa shape index (κ2) is 3.84. The molecule has 1 N–H and O–H groups in total. The summed E-state index contributed by atoms with van der Waals surface area (Å²) < 4.78 is 36.2. The van der Waals surface area contributed by atoms with Crippen molar-refractivity contribution in [1.29, 1.82) is 0 Å². The van der Waals surface area contributed by atoms with Crippen LogP contribution in [0, 0.1) is 5.92 Å². The highest BCUT2D eigenvalue weighted by molar-refractivity contribution is 4.80. The van der Waals surface area contributed by atoms with E-state index in [4.69, 9.17) is 5.11 Å². The fraction of sp³-hybridized carbons (Fsp3) is 1.00. The molecule has 1 unspecified atom stereocenters. The van der Waals surface area contributed by atoms with Crippen molar-refractivity contribution in [3.05, 3.63) is 0 Å². The summed E-state index contributed by atoms with van der Waals surface area (Å²) >= 11 is 0. The van der Waals surface area contributed by atoms with Crippen LogP contribution in [0.5, 0.6) is 0 Å². The van der Waals surface area contributed by atoms with Gasteiger partial charge < -0.3 is 10.0 Å². The molecule has 0 radical (unpaired) electrons. The fourth-order valence-corrected chi connectivity index (χ4v) is 1.61. The summed E-state index contributed by atoms with van der Waals surface area (Å²) in [6, 6.07) is 0. The molecule has 0 aromatic rings. The standard InChI is InChI=1S/C8H14F3NO/c1-12-4-2-6(3-5-12)7(13)8(9,10)11/h6-7,13H,2-5H2,1H3. The zero-order valence-electron chi connectivity index (χ0n) is 7.51. The highest BCUT2D eigenvalue weighted by atomic mass is 19.4. The third kappa shape index (κ3) is 2.84. The molecule has 1 rings (SSSR count). The van der Waals surface area contributed by atoms with E-state index < -0.39 is 18.2 Å². The lowest BCUT2D eigenvalue weighted by Crippen LogP contribution is -2.42. The number of halogens is 3. The van der Waals surface area contributed by atoms with Gasteiger partial charge in [-0.2, -0.15) is 13.2 Å². The molecule has 0 amide bonds. The van der Waals surface area contributed by atoms with Gasteiger partial charge >= 0.3 is 6.18 Å². The minimum Gasteiger partial charge on any atom is -0.383 e. The first-order chi connectivity index (χ1) is 5.91. The molecule has 1 atom stereocenters. The average Bonchev–Trinajstić information content (AvgIpc) is 2.03. The number of rotatable bonds is 1. The number of alkyl halides is 3. The van der Waals surface area contributed by atoms with E-state index in [-0.39, 0.29) is 0 Å². The van der Waals surface area contributed by atoms with Crippen LogP contribution in [0.4, 0.5) is 13.2 Å². The van der Waals surface area contributed by atoms with E-state index in [1.165, 1.54) is 0 Å². The van der Waals surface area contributed by atoms with Crippen LogP contribution in [-0.4, -0.2) is 42.4 Å². The quantitative estimate of drug-likeness (QED) is 0.684. The summed E-state index contributed by atoms with van der Waals surface area (Å²) in [7, 11) is 1.87. The first kappa shape index (κ1) is 10.8. The van der Waals surface area contributed by atoms with Gasteiger partial charge in [0.1, 0.15) is 0 Å². The fourth-order valence-electron chi connectivity index (χ4n) is 1.61. The average molecular weight is 197 g/mol. The van der Waals surface area contributed by atoms with Gasteiger partial charge in [-0.25, -0.2) is 0 Å². The molecule has 0 saturated carbocycles. The molecule has 78 valence electrons. The van der Waals surface area contributed by atoms with Crippen molar-refractivity contribution in [3.63, 3.8) is 0 Å². The van der Waals surface area contributed by atoms with Crippen LogP contribution in [0.2, 0.25) is 0 Å². The van der Waals surface area contributed by atoms with Crippen molar-refractivity contribution in [2.75, 3.05) is 20.1 Å². The lowest BCUT2D eigenvalue weighted by Gasteiger charge is -2.32.